The van der Waals surface area contributed by atoms with Gasteiger partial charge in [0.1, 0.15) is 0 Å². The summed E-state index contributed by atoms with van der Waals surface area (Å²) in [6.45, 7) is 12.3. The normalized spacial score (nSPS) is 13.9. The maximum absolute atomic E-state index is 6.34. The van der Waals surface area contributed by atoms with Gasteiger partial charge in [-0.25, -0.2) is 0 Å². The van der Waals surface area contributed by atoms with Crippen molar-refractivity contribution in [2.75, 3.05) is 6.54 Å². The van der Waals surface area contributed by atoms with E-state index in [1.807, 2.05) is 6.07 Å². The Balaban J connectivity index is 2.82. The highest BCUT2D eigenvalue weighted by atomic mass is 79.9. The van der Waals surface area contributed by atoms with Gasteiger partial charge < -0.3 is 5.32 Å². The Morgan fingerprint density at radius 2 is 1.89 bits per heavy atom. The van der Waals surface area contributed by atoms with Crippen LogP contribution >= 0.6 is 27.5 Å². The van der Waals surface area contributed by atoms with Crippen LogP contribution in [-0.4, -0.2) is 12.6 Å². The maximum Gasteiger partial charge on any atom is 0.0449 e. The molecule has 1 aromatic rings. The van der Waals surface area contributed by atoms with E-state index < -0.39 is 0 Å². The molecule has 1 nitrogen and oxygen atoms in total. The largest absolute Gasteiger partial charge is 0.314 e. The van der Waals surface area contributed by atoms with Crippen LogP contribution in [0.3, 0.4) is 0 Å². The van der Waals surface area contributed by atoms with Crippen molar-refractivity contribution in [2.24, 2.45) is 11.3 Å². The Hall–Kier alpha value is -0.0500. The molecule has 0 aliphatic carbocycles. The summed E-state index contributed by atoms with van der Waals surface area (Å²) in [5, 5.41) is 4.41. The molecule has 0 amide bonds. The molecule has 0 saturated heterocycles. The van der Waals surface area contributed by atoms with E-state index in [9.17, 15) is 0 Å². The van der Waals surface area contributed by atoms with E-state index in [2.05, 4.69) is 68.0 Å². The molecule has 0 aliphatic rings. The van der Waals surface area contributed by atoms with Crippen LogP contribution in [0.25, 0.3) is 0 Å². The van der Waals surface area contributed by atoms with Gasteiger partial charge in [-0.05, 0) is 42.0 Å². The first-order chi connectivity index (χ1) is 8.70. The summed E-state index contributed by atoms with van der Waals surface area (Å²) in [4.78, 5) is 0. The second kappa shape index (κ2) is 7.10. The smallest absolute Gasteiger partial charge is 0.0449 e. The topological polar surface area (TPSA) is 12.0 Å². The average Bonchev–Trinajstić information content (AvgIpc) is 2.24. The second-order valence-electron chi connectivity index (χ2n) is 6.57. The third-order valence-electron chi connectivity index (χ3n) is 3.48. The number of rotatable bonds is 5. The zero-order chi connectivity index (χ0) is 14.6. The van der Waals surface area contributed by atoms with Gasteiger partial charge in [0, 0.05) is 15.5 Å². The molecule has 108 valence electrons. The Kier molecular flexibility index (Phi) is 6.35. The fourth-order valence-electron chi connectivity index (χ4n) is 2.02. The van der Waals surface area contributed by atoms with Gasteiger partial charge in [0.05, 0.1) is 0 Å². The monoisotopic (exact) mass is 345 g/mol. The highest BCUT2D eigenvalue weighted by Gasteiger charge is 2.25. The fraction of sp³-hybridized carbons (Fsp3) is 0.625. The van der Waals surface area contributed by atoms with Crippen LogP contribution in [0.5, 0.6) is 0 Å². The van der Waals surface area contributed by atoms with Crippen molar-refractivity contribution >= 4 is 27.5 Å². The predicted octanol–water partition coefficient (Wildman–Crippen LogP) is 5.31. The van der Waals surface area contributed by atoms with E-state index in [1.165, 1.54) is 5.56 Å². The van der Waals surface area contributed by atoms with Crippen LogP contribution in [-0.2, 0) is 6.42 Å². The average molecular weight is 347 g/mol. The molecule has 0 aliphatic heterocycles. The van der Waals surface area contributed by atoms with E-state index in [1.54, 1.807) is 0 Å². The third kappa shape index (κ3) is 5.85. The molecular weight excluding hydrogens is 322 g/mol. The molecule has 0 saturated carbocycles. The molecule has 0 aromatic heterocycles. The Morgan fingerprint density at radius 1 is 1.26 bits per heavy atom. The lowest BCUT2D eigenvalue weighted by Gasteiger charge is -2.32. The van der Waals surface area contributed by atoms with Gasteiger partial charge in [0.15, 0.2) is 0 Å². The van der Waals surface area contributed by atoms with Crippen LogP contribution in [0.15, 0.2) is 22.7 Å². The first-order valence-electron chi connectivity index (χ1n) is 6.87. The zero-order valence-corrected chi connectivity index (χ0v) is 14.9. The van der Waals surface area contributed by atoms with Gasteiger partial charge in [0.25, 0.3) is 0 Å². The van der Waals surface area contributed by atoms with E-state index in [-0.39, 0.29) is 5.41 Å². The lowest BCUT2D eigenvalue weighted by molar-refractivity contribution is 0.226. The number of hydrogen-bond acceptors (Lipinski definition) is 1. The van der Waals surface area contributed by atoms with Crippen LogP contribution < -0.4 is 5.32 Å². The Labute approximate surface area is 131 Å². The molecule has 1 aromatic carbocycles. The number of hydrogen-bond donors (Lipinski definition) is 1. The van der Waals surface area contributed by atoms with Crippen molar-refractivity contribution < 1.29 is 0 Å². The van der Waals surface area contributed by atoms with Crippen LogP contribution in [0.2, 0.25) is 5.02 Å². The van der Waals surface area contributed by atoms with Crippen LogP contribution in [0, 0.1) is 11.3 Å². The molecule has 0 spiro atoms. The molecule has 1 rings (SSSR count). The Bertz CT molecular complexity index is 410. The zero-order valence-electron chi connectivity index (χ0n) is 12.6. The Morgan fingerprint density at radius 3 is 2.37 bits per heavy atom. The SMILES string of the molecule is CC(C)NCC(Cc1ccc(Br)cc1Cl)C(C)(C)C. The number of benzene rings is 1. The van der Waals surface area contributed by atoms with Gasteiger partial charge in [-0.15, -0.1) is 0 Å². The first-order valence-corrected chi connectivity index (χ1v) is 8.04. The minimum Gasteiger partial charge on any atom is -0.314 e. The standard InChI is InChI=1S/C16H25BrClN/c1-11(2)19-10-13(16(3,4)5)8-12-6-7-14(17)9-15(12)18/h6-7,9,11,13,19H,8,10H2,1-5H3. The molecule has 0 radical (unpaired) electrons. The van der Waals surface area contributed by atoms with Gasteiger partial charge in [-0.1, -0.05) is 68.2 Å². The van der Waals surface area contributed by atoms with Crippen molar-refractivity contribution in [3.8, 4) is 0 Å². The van der Waals surface area contributed by atoms with E-state index >= 15 is 0 Å². The maximum atomic E-state index is 6.34. The van der Waals surface area contributed by atoms with Crippen molar-refractivity contribution in [1.29, 1.82) is 0 Å². The third-order valence-corrected chi connectivity index (χ3v) is 4.32. The van der Waals surface area contributed by atoms with Gasteiger partial charge >= 0.3 is 0 Å². The summed E-state index contributed by atoms with van der Waals surface area (Å²) in [5.74, 6) is 0.563. The molecular formula is C16H25BrClN. The minimum atomic E-state index is 0.262. The lowest BCUT2D eigenvalue weighted by atomic mass is 9.77. The fourth-order valence-corrected chi connectivity index (χ4v) is 2.77. The quantitative estimate of drug-likeness (QED) is 0.762. The molecule has 0 fully saturated rings. The predicted molar refractivity (Wildman–Crippen MR) is 88.9 cm³/mol. The van der Waals surface area contributed by atoms with Gasteiger partial charge in [0.2, 0.25) is 0 Å². The van der Waals surface area contributed by atoms with E-state index in [0.29, 0.717) is 12.0 Å². The number of halogens is 2. The summed E-state index contributed by atoms with van der Waals surface area (Å²) < 4.78 is 1.04. The summed E-state index contributed by atoms with van der Waals surface area (Å²) >= 11 is 9.79. The minimum absolute atomic E-state index is 0.262. The van der Waals surface area contributed by atoms with Crippen molar-refractivity contribution in [1.82, 2.24) is 5.32 Å². The summed E-state index contributed by atoms with van der Waals surface area (Å²) in [7, 11) is 0. The molecule has 0 heterocycles. The van der Waals surface area contributed by atoms with E-state index in [4.69, 9.17) is 11.6 Å². The summed E-state index contributed by atoms with van der Waals surface area (Å²) in [6, 6.07) is 6.69. The molecule has 1 atom stereocenters. The van der Waals surface area contributed by atoms with Gasteiger partial charge in [-0.2, -0.15) is 0 Å². The highest BCUT2D eigenvalue weighted by molar-refractivity contribution is 9.10. The molecule has 19 heavy (non-hydrogen) atoms. The second-order valence-corrected chi connectivity index (χ2v) is 7.89. The molecule has 1 N–H and O–H groups in total. The van der Waals surface area contributed by atoms with Gasteiger partial charge in [-0.3, -0.25) is 0 Å². The van der Waals surface area contributed by atoms with Crippen LogP contribution in [0.1, 0.15) is 40.2 Å². The lowest BCUT2D eigenvalue weighted by Crippen LogP contribution is -2.36. The summed E-state index contributed by atoms with van der Waals surface area (Å²) in [5.41, 5.74) is 1.49. The molecule has 3 heteroatoms. The highest BCUT2D eigenvalue weighted by Crippen LogP contribution is 2.31. The van der Waals surface area contributed by atoms with Crippen molar-refractivity contribution in [3.63, 3.8) is 0 Å². The van der Waals surface area contributed by atoms with Crippen molar-refractivity contribution in [2.45, 2.75) is 47.1 Å². The molecule has 0 bridgehead atoms. The van der Waals surface area contributed by atoms with Crippen molar-refractivity contribution in [3.05, 3.63) is 33.3 Å². The van der Waals surface area contributed by atoms with Crippen LogP contribution in [0.4, 0.5) is 0 Å². The summed E-state index contributed by atoms with van der Waals surface area (Å²) in [6.07, 6.45) is 1.01. The van der Waals surface area contributed by atoms with E-state index in [0.717, 1.165) is 22.5 Å². The number of nitrogens with one attached hydrogen (secondary N) is 1. The first kappa shape index (κ1) is 17.0. The molecule has 1 unspecified atom stereocenters.